The summed E-state index contributed by atoms with van der Waals surface area (Å²) in [6.07, 6.45) is 0. The maximum Gasteiger partial charge on any atom is 0.276 e. The second-order valence-electron chi connectivity index (χ2n) is 0.224. The molecule has 0 rings (SSSR count). The Balaban J connectivity index is 0. The molecule has 0 aliphatic heterocycles. The van der Waals surface area contributed by atoms with Crippen LogP contribution in [-0.2, 0) is 4.57 Å². The van der Waals surface area contributed by atoms with Gasteiger partial charge in [-0.3, -0.25) is 0 Å². The van der Waals surface area contributed by atoms with Crippen molar-refractivity contribution in [3.8, 4) is 0 Å². The van der Waals surface area contributed by atoms with Gasteiger partial charge >= 0.3 is 0 Å². The summed E-state index contributed by atoms with van der Waals surface area (Å²) >= 11 is 0. The Morgan fingerprint density at radius 3 is 1.40 bits per heavy atom. The lowest BCUT2D eigenvalue weighted by atomic mass is 15.8. The van der Waals surface area contributed by atoms with Crippen LogP contribution in [0.25, 0.3) is 0 Å². The van der Waals surface area contributed by atoms with Gasteiger partial charge in [-0.05, 0) is 0 Å². The molecule has 0 radical (unpaired) electrons. The van der Waals surface area contributed by atoms with Crippen molar-refractivity contribution >= 4 is 25.2 Å². The summed E-state index contributed by atoms with van der Waals surface area (Å²) in [6, 6.07) is 0. The lowest BCUT2D eigenvalue weighted by Gasteiger charge is -1.75. The van der Waals surface area contributed by atoms with E-state index in [1.165, 1.54) is 0 Å². The average molecular weight is 160 g/mol. The molecule has 0 atom stereocenters. The molecule has 0 heterocycles. The summed E-state index contributed by atoms with van der Waals surface area (Å²) in [4.78, 5) is 17.0. The van der Waals surface area contributed by atoms with E-state index >= 15 is 0 Å². The Kier molecular flexibility index (Phi) is 8.18. The van der Waals surface area contributed by atoms with E-state index in [4.69, 9.17) is 14.4 Å². The molecular formula is HBrO3P-. The Hall–Kier alpha value is 0.500. The van der Waals surface area contributed by atoms with Crippen LogP contribution in [0, 0.1) is 0 Å². The smallest absolute Gasteiger partial charge is 0.276 e. The summed E-state index contributed by atoms with van der Waals surface area (Å²) in [5.74, 6) is 0. The van der Waals surface area contributed by atoms with Gasteiger partial charge in [0, 0.05) is 0 Å². The average Bonchev–Trinajstić information content (AvgIpc) is 0.811. The van der Waals surface area contributed by atoms with Crippen molar-refractivity contribution in [2.45, 2.75) is 0 Å². The van der Waals surface area contributed by atoms with E-state index in [1.54, 1.807) is 0 Å². The summed E-state index contributed by atoms with van der Waals surface area (Å²) in [6.45, 7) is 0. The zero-order chi connectivity index (χ0) is 3.58. The van der Waals surface area contributed by atoms with Crippen LogP contribution >= 0.6 is 25.2 Å². The largest absolute Gasteiger partial charge is 0.598 e. The minimum Gasteiger partial charge on any atom is -0.598 e. The fourth-order valence-electron chi connectivity index (χ4n) is 0. The van der Waals surface area contributed by atoms with Gasteiger partial charge in [0.1, 0.15) is 0 Å². The summed E-state index contributed by atoms with van der Waals surface area (Å²) in [5.41, 5.74) is 0. The first-order valence-electron chi connectivity index (χ1n) is 0.548. The monoisotopic (exact) mass is 159 g/mol. The van der Waals surface area contributed by atoms with Crippen molar-refractivity contribution < 1.29 is 14.4 Å². The van der Waals surface area contributed by atoms with Gasteiger partial charge in [0.15, 0.2) is 0 Å². The first kappa shape index (κ1) is 9.09. The third-order valence-corrected chi connectivity index (χ3v) is 0. The predicted molar refractivity (Wildman–Crippen MR) is 17.9 cm³/mol. The van der Waals surface area contributed by atoms with Crippen molar-refractivity contribution in [2.24, 2.45) is 0 Å². The predicted octanol–water partition coefficient (Wildman–Crippen LogP) is -1.06. The first-order chi connectivity index (χ1) is 1.73. The molecule has 0 aromatic rings. The van der Waals surface area contributed by atoms with Crippen molar-refractivity contribution in [2.75, 3.05) is 0 Å². The second kappa shape index (κ2) is 4.50. The van der Waals surface area contributed by atoms with Crippen molar-refractivity contribution in [1.29, 1.82) is 0 Å². The quantitative estimate of drug-likeness (QED) is 0.424. The zero-order valence-electron chi connectivity index (χ0n) is 2.08. The molecule has 0 N–H and O–H groups in total. The summed E-state index contributed by atoms with van der Waals surface area (Å²) in [5, 5.41) is 0. The topological polar surface area (TPSA) is 63.2 Å². The van der Waals surface area contributed by atoms with Crippen LogP contribution in [0.1, 0.15) is 0 Å². The highest BCUT2D eigenvalue weighted by atomic mass is 79.9. The third kappa shape index (κ3) is 113. The lowest BCUT2D eigenvalue weighted by molar-refractivity contribution is -0.297. The van der Waals surface area contributed by atoms with Gasteiger partial charge in [0.25, 0.3) is 8.25 Å². The molecule has 0 unspecified atom stereocenters. The van der Waals surface area contributed by atoms with Crippen molar-refractivity contribution in [1.82, 2.24) is 0 Å². The molecule has 0 aromatic carbocycles. The Morgan fingerprint density at radius 1 is 1.40 bits per heavy atom. The fourth-order valence-corrected chi connectivity index (χ4v) is 0. The molecule has 0 saturated heterocycles. The van der Waals surface area contributed by atoms with Crippen molar-refractivity contribution in [3.05, 3.63) is 0 Å². The van der Waals surface area contributed by atoms with Crippen LogP contribution < -0.4 is 9.79 Å². The molecule has 0 aliphatic rings. The molecule has 0 spiro atoms. The zero-order valence-corrected chi connectivity index (χ0v) is 4.69. The van der Waals surface area contributed by atoms with Crippen LogP contribution in [0.2, 0.25) is 0 Å². The van der Waals surface area contributed by atoms with E-state index in [1.807, 2.05) is 0 Å². The molecule has 0 bridgehead atoms. The second-order valence-corrected chi connectivity index (χ2v) is 0.671. The minimum absolute atomic E-state index is 0. The number of hydrogen-bond donors (Lipinski definition) is 0. The fraction of sp³-hybridized carbons (Fsp3) is 0. The van der Waals surface area contributed by atoms with E-state index < -0.39 is 8.25 Å². The first-order valence-corrected chi connectivity index (χ1v) is 1.64. The molecule has 0 fully saturated rings. The van der Waals surface area contributed by atoms with E-state index in [0.717, 1.165) is 0 Å². The van der Waals surface area contributed by atoms with Crippen LogP contribution in [0.3, 0.4) is 0 Å². The number of rotatable bonds is 0. The Morgan fingerprint density at radius 2 is 1.40 bits per heavy atom. The molecule has 32 valence electrons. The maximum atomic E-state index is 8.48. The van der Waals surface area contributed by atoms with E-state index in [0.29, 0.717) is 0 Å². The molecule has 5 heavy (non-hydrogen) atoms. The highest BCUT2D eigenvalue weighted by Crippen LogP contribution is 1.79. The van der Waals surface area contributed by atoms with Gasteiger partial charge in [-0.1, -0.05) is 4.57 Å². The molecule has 5 heteroatoms. The molecule has 0 aromatic heterocycles. The van der Waals surface area contributed by atoms with E-state index in [9.17, 15) is 0 Å². The van der Waals surface area contributed by atoms with Crippen LogP contribution in [0.15, 0.2) is 0 Å². The molecule has 0 amide bonds. The van der Waals surface area contributed by atoms with Gasteiger partial charge in [0.05, 0.1) is 0 Å². The van der Waals surface area contributed by atoms with Gasteiger partial charge in [-0.15, -0.1) is 17.0 Å². The Labute approximate surface area is 40.4 Å². The van der Waals surface area contributed by atoms with E-state index in [-0.39, 0.29) is 17.0 Å². The highest BCUT2D eigenvalue weighted by molar-refractivity contribution is 8.93. The molecular weight excluding hydrogens is 159 g/mol. The molecule has 0 aliphatic carbocycles. The third-order valence-electron chi connectivity index (χ3n) is 0. The normalized spacial score (nSPS) is 5.20. The van der Waals surface area contributed by atoms with Gasteiger partial charge in [0.2, 0.25) is 0 Å². The summed E-state index contributed by atoms with van der Waals surface area (Å²) in [7, 11) is -3.37. The standard InChI is InChI=1S/BrH.HO3P/c;1-4(2)3/h1H;(H,1,2,3)/p-1. The van der Waals surface area contributed by atoms with Crippen LogP contribution in [-0.4, -0.2) is 0 Å². The molecule has 3 nitrogen and oxygen atoms in total. The maximum absolute atomic E-state index is 8.48. The van der Waals surface area contributed by atoms with Crippen LogP contribution in [0.4, 0.5) is 0 Å². The summed E-state index contributed by atoms with van der Waals surface area (Å²) < 4.78 is 8.48. The van der Waals surface area contributed by atoms with Gasteiger partial charge < -0.3 is 9.79 Å². The number of hydrogen-bond acceptors (Lipinski definition) is 3. The Bertz CT molecular complexity index is 29.9. The van der Waals surface area contributed by atoms with Gasteiger partial charge in [-0.25, -0.2) is 0 Å². The minimum atomic E-state index is -3.37. The number of halogens is 1. The van der Waals surface area contributed by atoms with Gasteiger partial charge in [-0.2, -0.15) is 0 Å². The lowest BCUT2D eigenvalue weighted by Crippen LogP contribution is -1.97. The SMILES string of the molecule is Br.O=[P+]([O-])[O-]. The highest BCUT2D eigenvalue weighted by Gasteiger charge is 1.53. The van der Waals surface area contributed by atoms with E-state index in [2.05, 4.69) is 0 Å². The molecule has 0 saturated carbocycles. The van der Waals surface area contributed by atoms with Crippen molar-refractivity contribution in [3.63, 3.8) is 0 Å². The van der Waals surface area contributed by atoms with Crippen LogP contribution in [0.5, 0.6) is 0 Å².